The zero-order valence-electron chi connectivity index (χ0n) is 21.3. The number of benzene rings is 3. The molecule has 0 amide bonds. The summed E-state index contributed by atoms with van der Waals surface area (Å²) in [5.74, 6) is -0.256. The van der Waals surface area contributed by atoms with E-state index in [1.54, 1.807) is 4.57 Å². The van der Waals surface area contributed by atoms with Crippen LogP contribution in [0.15, 0.2) is 79.0 Å². The van der Waals surface area contributed by atoms with Crippen molar-refractivity contribution in [3.63, 3.8) is 0 Å². The lowest BCUT2D eigenvalue weighted by Crippen LogP contribution is -2.17. The summed E-state index contributed by atoms with van der Waals surface area (Å²) in [5, 5.41) is 9.98. The molecule has 0 unspecified atom stereocenters. The van der Waals surface area contributed by atoms with E-state index in [1.165, 1.54) is 5.56 Å². The first kappa shape index (κ1) is 25.2. The maximum atomic E-state index is 13.5. The molecule has 0 radical (unpaired) electrons. The molecule has 4 aromatic rings. The van der Waals surface area contributed by atoms with Gasteiger partial charge in [0.05, 0.1) is 5.52 Å². The largest absolute Gasteiger partial charge is 0.481 e. The van der Waals surface area contributed by atoms with Crippen molar-refractivity contribution in [3.05, 3.63) is 101 Å². The Morgan fingerprint density at radius 3 is 2.42 bits per heavy atom. The molecule has 1 aromatic heterocycles. The molecule has 0 fully saturated rings. The lowest BCUT2D eigenvalue weighted by atomic mass is 10.0. The van der Waals surface area contributed by atoms with Gasteiger partial charge in [-0.05, 0) is 72.2 Å². The van der Waals surface area contributed by atoms with Crippen molar-refractivity contribution < 1.29 is 14.7 Å². The van der Waals surface area contributed by atoms with Gasteiger partial charge in [0.15, 0.2) is 0 Å². The summed E-state index contributed by atoms with van der Waals surface area (Å²) in [6.45, 7) is 5.15. The standard InChI is InChI=1S/C31H34N2O3/c1-22(2)18-23-14-16-27(17-15-23)32(3)20-24-8-6-9-25(19-24)31(36)33-21-26(10-7-13-30(34)35)28-11-4-5-12-29(28)33/h4-6,8-9,11-12,14-17,19,21-22H,7,10,13,18,20H2,1-3H3,(H,34,35). The number of hydrogen-bond acceptors (Lipinski definition) is 3. The van der Waals surface area contributed by atoms with Crippen molar-refractivity contribution in [1.29, 1.82) is 0 Å². The Labute approximate surface area is 213 Å². The fraction of sp³-hybridized carbons (Fsp3) is 0.290. The van der Waals surface area contributed by atoms with E-state index in [1.807, 2.05) is 54.7 Å². The lowest BCUT2D eigenvalue weighted by molar-refractivity contribution is -0.137. The molecule has 1 N–H and O–H groups in total. The van der Waals surface area contributed by atoms with Crippen LogP contribution in [0.4, 0.5) is 5.69 Å². The summed E-state index contributed by atoms with van der Waals surface area (Å²) in [6.07, 6.45) is 4.21. The first-order valence-corrected chi connectivity index (χ1v) is 12.6. The van der Waals surface area contributed by atoms with E-state index < -0.39 is 5.97 Å². The Morgan fingerprint density at radius 2 is 1.69 bits per heavy atom. The minimum Gasteiger partial charge on any atom is -0.481 e. The molecule has 5 heteroatoms. The van der Waals surface area contributed by atoms with E-state index in [0.717, 1.165) is 34.1 Å². The molecule has 0 aliphatic carbocycles. The first-order chi connectivity index (χ1) is 17.3. The van der Waals surface area contributed by atoms with Gasteiger partial charge in [-0.15, -0.1) is 0 Å². The topological polar surface area (TPSA) is 62.5 Å². The minimum atomic E-state index is -0.803. The highest BCUT2D eigenvalue weighted by atomic mass is 16.4. The van der Waals surface area contributed by atoms with Gasteiger partial charge in [0.2, 0.25) is 0 Å². The molecule has 0 saturated heterocycles. The van der Waals surface area contributed by atoms with E-state index in [9.17, 15) is 9.59 Å². The highest BCUT2D eigenvalue weighted by Crippen LogP contribution is 2.25. The number of para-hydroxylation sites is 1. The van der Waals surface area contributed by atoms with Crippen LogP contribution in [0.3, 0.4) is 0 Å². The summed E-state index contributed by atoms with van der Waals surface area (Å²) < 4.78 is 1.70. The highest BCUT2D eigenvalue weighted by Gasteiger charge is 2.16. The number of rotatable bonds is 10. The van der Waals surface area contributed by atoms with Crippen molar-refractivity contribution in [2.75, 3.05) is 11.9 Å². The van der Waals surface area contributed by atoms with Crippen LogP contribution in [0.1, 0.15) is 53.7 Å². The number of hydrogen-bond donors (Lipinski definition) is 1. The van der Waals surface area contributed by atoms with Crippen LogP contribution in [-0.4, -0.2) is 28.6 Å². The van der Waals surface area contributed by atoms with Crippen LogP contribution < -0.4 is 4.90 Å². The monoisotopic (exact) mass is 482 g/mol. The van der Waals surface area contributed by atoms with Gasteiger partial charge in [0.1, 0.15) is 0 Å². The number of carbonyl (C=O) groups excluding carboxylic acids is 1. The molecule has 0 atom stereocenters. The molecule has 1 heterocycles. The maximum absolute atomic E-state index is 13.5. The van der Waals surface area contributed by atoms with Crippen LogP contribution in [0.2, 0.25) is 0 Å². The molecule has 0 saturated carbocycles. The minimum absolute atomic E-state index is 0.0850. The van der Waals surface area contributed by atoms with Crippen LogP contribution >= 0.6 is 0 Å². The third-order valence-electron chi connectivity index (χ3n) is 6.46. The second-order valence-electron chi connectivity index (χ2n) is 9.91. The van der Waals surface area contributed by atoms with Crippen molar-refractivity contribution in [3.8, 4) is 0 Å². The predicted molar refractivity (Wildman–Crippen MR) is 146 cm³/mol. The SMILES string of the molecule is CC(C)Cc1ccc(N(C)Cc2cccc(C(=O)n3cc(CCCC(=O)O)c4ccccc43)c2)cc1. The van der Waals surface area contributed by atoms with Crippen LogP contribution in [0.25, 0.3) is 10.9 Å². The number of carboxylic acid groups (broad SMARTS) is 1. The van der Waals surface area contributed by atoms with Gasteiger partial charge in [-0.25, -0.2) is 0 Å². The molecule has 186 valence electrons. The first-order valence-electron chi connectivity index (χ1n) is 12.6. The molecular formula is C31H34N2O3. The summed E-state index contributed by atoms with van der Waals surface area (Å²) >= 11 is 0. The number of anilines is 1. The van der Waals surface area contributed by atoms with Crippen molar-refractivity contribution in [1.82, 2.24) is 4.57 Å². The third kappa shape index (κ3) is 6.03. The number of fused-ring (bicyclic) bond motifs is 1. The molecule has 4 rings (SSSR count). The maximum Gasteiger partial charge on any atom is 0.303 e. The normalized spacial score (nSPS) is 11.2. The smallest absolute Gasteiger partial charge is 0.303 e. The molecule has 36 heavy (non-hydrogen) atoms. The zero-order valence-corrected chi connectivity index (χ0v) is 21.3. The zero-order chi connectivity index (χ0) is 25.7. The van der Waals surface area contributed by atoms with E-state index >= 15 is 0 Å². The van der Waals surface area contributed by atoms with Gasteiger partial charge in [0, 0.05) is 42.8 Å². The summed E-state index contributed by atoms with van der Waals surface area (Å²) in [5.41, 5.74) is 6.02. The van der Waals surface area contributed by atoms with E-state index in [0.29, 0.717) is 30.9 Å². The third-order valence-corrected chi connectivity index (χ3v) is 6.46. The Morgan fingerprint density at radius 1 is 0.944 bits per heavy atom. The second-order valence-corrected chi connectivity index (χ2v) is 9.91. The van der Waals surface area contributed by atoms with Gasteiger partial charge in [-0.1, -0.05) is 56.3 Å². The Bertz CT molecular complexity index is 1350. The van der Waals surface area contributed by atoms with Gasteiger partial charge < -0.3 is 10.0 Å². The van der Waals surface area contributed by atoms with E-state index in [4.69, 9.17) is 5.11 Å². The number of carbonyl (C=O) groups is 2. The fourth-order valence-electron chi connectivity index (χ4n) is 4.71. The van der Waals surface area contributed by atoms with Crippen molar-refractivity contribution in [2.45, 2.75) is 46.1 Å². The van der Waals surface area contributed by atoms with Gasteiger partial charge in [0.25, 0.3) is 5.91 Å². The summed E-state index contributed by atoms with van der Waals surface area (Å²) in [7, 11) is 2.06. The number of aliphatic carboxylic acids is 1. The predicted octanol–water partition coefficient (Wildman–Crippen LogP) is 6.57. The number of carboxylic acids is 1. The van der Waals surface area contributed by atoms with Crippen molar-refractivity contribution >= 4 is 28.5 Å². The number of aryl methyl sites for hydroxylation is 1. The molecule has 0 bridgehead atoms. The Hall–Kier alpha value is -3.86. The average Bonchev–Trinajstić information content (AvgIpc) is 3.22. The molecule has 0 aliphatic heterocycles. The molecule has 5 nitrogen and oxygen atoms in total. The average molecular weight is 483 g/mol. The van der Waals surface area contributed by atoms with Crippen LogP contribution in [-0.2, 0) is 24.2 Å². The van der Waals surface area contributed by atoms with E-state index in [2.05, 4.69) is 50.1 Å². The quantitative estimate of drug-likeness (QED) is 0.278. The molecular weight excluding hydrogens is 448 g/mol. The van der Waals surface area contributed by atoms with E-state index in [-0.39, 0.29) is 12.3 Å². The highest BCUT2D eigenvalue weighted by molar-refractivity contribution is 6.03. The summed E-state index contributed by atoms with van der Waals surface area (Å²) in [6, 6.07) is 24.3. The van der Waals surface area contributed by atoms with Gasteiger partial charge >= 0.3 is 5.97 Å². The van der Waals surface area contributed by atoms with Gasteiger partial charge in [-0.3, -0.25) is 14.2 Å². The molecule has 0 aliphatic rings. The van der Waals surface area contributed by atoms with Crippen LogP contribution in [0, 0.1) is 5.92 Å². The fourth-order valence-corrected chi connectivity index (χ4v) is 4.71. The lowest BCUT2D eigenvalue weighted by Gasteiger charge is -2.20. The number of aromatic nitrogens is 1. The Balaban J connectivity index is 1.53. The van der Waals surface area contributed by atoms with Crippen molar-refractivity contribution in [2.24, 2.45) is 5.92 Å². The second kappa shape index (κ2) is 11.3. The molecule has 3 aromatic carbocycles. The Kier molecular flexibility index (Phi) is 7.89. The van der Waals surface area contributed by atoms with Gasteiger partial charge in [-0.2, -0.15) is 0 Å². The molecule has 0 spiro atoms. The van der Waals surface area contributed by atoms with Crippen LogP contribution in [0.5, 0.6) is 0 Å². The summed E-state index contributed by atoms with van der Waals surface area (Å²) in [4.78, 5) is 26.7. The number of nitrogens with zero attached hydrogens (tertiary/aromatic N) is 2.